The number of carbonyl (C=O) groups excluding carboxylic acids is 1. The Morgan fingerprint density at radius 3 is 2.31 bits per heavy atom. The first-order valence-corrected chi connectivity index (χ1v) is 11.3. The summed E-state index contributed by atoms with van der Waals surface area (Å²) in [5.41, 5.74) is 4.43. The summed E-state index contributed by atoms with van der Waals surface area (Å²) in [6.07, 6.45) is 1.31. The molecule has 1 fully saturated rings. The molecule has 0 radical (unpaired) electrons. The second-order valence-corrected chi connectivity index (χ2v) is 8.77. The van der Waals surface area contributed by atoms with Crippen LogP contribution in [0.3, 0.4) is 0 Å². The van der Waals surface area contributed by atoms with Crippen molar-refractivity contribution >= 4 is 17.9 Å². The van der Waals surface area contributed by atoms with E-state index in [1.165, 1.54) is 22.3 Å². The molecule has 2 aromatic rings. The quantitative estimate of drug-likeness (QED) is 0.723. The Kier molecular flexibility index (Phi) is 6.43. The number of benzene rings is 2. The maximum Gasteiger partial charge on any atom is 0.407 e. The minimum absolute atomic E-state index is 0.0141. The van der Waals surface area contributed by atoms with E-state index in [9.17, 15) is 4.79 Å². The summed E-state index contributed by atoms with van der Waals surface area (Å²) in [7, 11) is 0. The highest BCUT2D eigenvalue weighted by molar-refractivity contribution is 7.99. The number of aliphatic hydroxyl groups excluding tert-OH is 1. The van der Waals surface area contributed by atoms with Gasteiger partial charge in [-0.3, -0.25) is 0 Å². The Morgan fingerprint density at radius 1 is 1.07 bits per heavy atom. The SMILES string of the molecule is O=C(NCC1(OCCO)CCSCC1)OCC1c2ccccc2-c2ccccc21. The second kappa shape index (κ2) is 9.20. The van der Waals surface area contributed by atoms with Crippen LogP contribution >= 0.6 is 11.8 Å². The normalized spacial score (nSPS) is 17.4. The van der Waals surface area contributed by atoms with E-state index in [1.807, 2.05) is 36.0 Å². The average molecular weight is 414 g/mol. The Bertz CT molecular complexity index is 805. The van der Waals surface area contributed by atoms with E-state index >= 15 is 0 Å². The second-order valence-electron chi connectivity index (χ2n) is 7.55. The first kappa shape index (κ1) is 20.3. The van der Waals surface area contributed by atoms with E-state index in [1.54, 1.807) is 0 Å². The third-order valence-electron chi connectivity index (χ3n) is 5.80. The molecule has 6 heteroatoms. The lowest BCUT2D eigenvalue weighted by molar-refractivity contribution is -0.0615. The van der Waals surface area contributed by atoms with Crippen LogP contribution in [0.25, 0.3) is 11.1 Å². The van der Waals surface area contributed by atoms with Gasteiger partial charge in [-0.05, 0) is 46.6 Å². The molecule has 0 saturated carbocycles. The van der Waals surface area contributed by atoms with Gasteiger partial charge in [-0.2, -0.15) is 11.8 Å². The number of rotatable bonds is 7. The van der Waals surface area contributed by atoms with Crippen LogP contribution in [0.4, 0.5) is 4.79 Å². The zero-order valence-corrected chi connectivity index (χ0v) is 17.2. The third-order valence-corrected chi connectivity index (χ3v) is 6.79. The number of aliphatic hydroxyl groups is 1. The standard InChI is InChI=1S/C23H27NO4S/c25-11-12-28-23(9-13-29-14-10-23)16-24-22(26)27-15-21-19-7-3-1-5-17(19)18-6-2-4-8-20(18)21/h1-8,21,25H,9-16H2,(H,24,26). The molecule has 0 aromatic heterocycles. The van der Waals surface area contributed by atoms with Gasteiger partial charge in [-0.1, -0.05) is 48.5 Å². The van der Waals surface area contributed by atoms with Crippen LogP contribution in [0, 0.1) is 0 Å². The molecule has 5 nitrogen and oxygen atoms in total. The van der Waals surface area contributed by atoms with E-state index in [-0.39, 0.29) is 19.1 Å². The molecular formula is C23H27NO4S. The van der Waals surface area contributed by atoms with Gasteiger partial charge in [-0.25, -0.2) is 4.79 Å². The van der Waals surface area contributed by atoms with Crippen molar-refractivity contribution in [2.75, 3.05) is 37.9 Å². The van der Waals surface area contributed by atoms with Gasteiger partial charge >= 0.3 is 6.09 Å². The maximum atomic E-state index is 12.4. The number of nitrogens with one attached hydrogen (secondary N) is 1. The van der Waals surface area contributed by atoms with Crippen molar-refractivity contribution < 1.29 is 19.4 Å². The van der Waals surface area contributed by atoms with Crippen LogP contribution in [0.5, 0.6) is 0 Å². The molecule has 0 atom stereocenters. The molecule has 2 N–H and O–H groups in total. The van der Waals surface area contributed by atoms with Gasteiger partial charge in [0.05, 0.1) is 18.8 Å². The number of carbonyl (C=O) groups is 1. The molecule has 1 saturated heterocycles. The minimum Gasteiger partial charge on any atom is -0.449 e. The number of hydrogen-bond donors (Lipinski definition) is 2. The highest BCUT2D eigenvalue weighted by Crippen LogP contribution is 2.44. The van der Waals surface area contributed by atoms with Crippen molar-refractivity contribution in [1.29, 1.82) is 0 Å². The van der Waals surface area contributed by atoms with Crippen molar-refractivity contribution in [3.8, 4) is 11.1 Å². The highest BCUT2D eigenvalue weighted by Gasteiger charge is 2.34. The molecule has 29 heavy (non-hydrogen) atoms. The predicted molar refractivity (Wildman–Crippen MR) is 115 cm³/mol. The molecule has 1 heterocycles. The summed E-state index contributed by atoms with van der Waals surface area (Å²) in [5, 5.41) is 12.0. The number of fused-ring (bicyclic) bond motifs is 3. The topological polar surface area (TPSA) is 67.8 Å². The smallest absolute Gasteiger partial charge is 0.407 e. The van der Waals surface area contributed by atoms with E-state index < -0.39 is 11.7 Å². The maximum absolute atomic E-state index is 12.4. The van der Waals surface area contributed by atoms with Crippen molar-refractivity contribution in [3.63, 3.8) is 0 Å². The first-order chi connectivity index (χ1) is 14.2. The molecule has 0 bridgehead atoms. The fraction of sp³-hybridized carbons (Fsp3) is 0.435. The molecule has 0 unspecified atom stereocenters. The zero-order valence-electron chi connectivity index (χ0n) is 16.4. The number of amides is 1. The highest BCUT2D eigenvalue weighted by atomic mass is 32.2. The lowest BCUT2D eigenvalue weighted by Crippen LogP contribution is -2.48. The Hall–Kier alpha value is -2.02. The van der Waals surface area contributed by atoms with Crippen molar-refractivity contribution in [1.82, 2.24) is 5.32 Å². The predicted octanol–water partition coefficient (Wildman–Crippen LogP) is 3.80. The van der Waals surface area contributed by atoms with E-state index in [0.717, 1.165) is 24.3 Å². The first-order valence-electron chi connectivity index (χ1n) is 10.1. The Morgan fingerprint density at radius 2 is 1.69 bits per heavy atom. The van der Waals surface area contributed by atoms with Crippen LogP contribution in [-0.2, 0) is 9.47 Å². The molecule has 1 aliphatic heterocycles. The fourth-order valence-corrected chi connectivity index (χ4v) is 5.50. The Labute approximate surface area is 175 Å². The monoisotopic (exact) mass is 413 g/mol. The van der Waals surface area contributed by atoms with Crippen molar-refractivity contribution in [2.45, 2.75) is 24.4 Å². The lowest BCUT2D eigenvalue weighted by Gasteiger charge is -2.36. The fourth-order valence-electron chi connectivity index (χ4n) is 4.26. The molecule has 1 amide bonds. The number of thioether (sulfide) groups is 1. The van der Waals surface area contributed by atoms with Crippen LogP contribution < -0.4 is 5.32 Å². The van der Waals surface area contributed by atoms with E-state index in [0.29, 0.717) is 13.2 Å². The molecular weight excluding hydrogens is 386 g/mol. The van der Waals surface area contributed by atoms with E-state index in [4.69, 9.17) is 14.6 Å². The number of hydrogen-bond acceptors (Lipinski definition) is 5. The van der Waals surface area contributed by atoms with Gasteiger partial charge in [0.1, 0.15) is 6.61 Å². The van der Waals surface area contributed by atoms with Crippen LogP contribution in [-0.4, -0.2) is 54.7 Å². The average Bonchev–Trinajstić information content (AvgIpc) is 3.09. The van der Waals surface area contributed by atoms with Gasteiger partial charge in [-0.15, -0.1) is 0 Å². The van der Waals surface area contributed by atoms with Crippen molar-refractivity contribution in [3.05, 3.63) is 59.7 Å². The number of ether oxygens (including phenoxy) is 2. The molecule has 154 valence electrons. The summed E-state index contributed by atoms with van der Waals surface area (Å²) in [5.74, 6) is 2.05. The molecule has 1 aliphatic carbocycles. The van der Waals surface area contributed by atoms with Gasteiger partial charge in [0.15, 0.2) is 0 Å². The van der Waals surface area contributed by atoms with Crippen molar-refractivity contribution in [2.24, 2.45) is 0 Å². The zero-order chi connectivity index (χ0) is 20.1. The Balaban J connectivity index is 1.37. The summed E-state index contributed by atoms with van der Waals surface area (Å²) < 4.78 is 11.5. The van der Waals surface area contributed by atoms with Crippen LogP contribution in [0.2, 0.25) is 0 Å². The third kappa shape index (κ3) is 4.44. The van der Waals surface area contributed by atoms with Gasteiger partial charge < -0.3 is 19.9 Å². The molecule has 2 aromatic carbocycles. The van der Waals surface area contributed by atoms with Crippen LogP contribution in [0.1, 0.15) is 29.9 Å². The van der Waals surface area contributed by atoms with E-state index in [2.05, 4.69) is 29.6 Å². The van der Waals surface area contributed by atoms with Gasteiger partial charge in [0.2, 0.25) is 0 Å². The summed E-state index contributed by atoms with van der Waals surface area (Å²) in [4.78, 5) is 12.4. The largest absolute Gasteiger partial charge is 0.449 e. The summed E-state index contributed by atoms with van der Waals surface area (Å²) in [6.45, 7) is 0.987. The molecule has 4 rings (SSSR count). The molecule has 0 spiro atoms. The molecule has 2 aliphatic rings. The minimum atomic E-state index is -0.419. The van der Waals surface area contributed by atoms with Gasteiger partial charge in [0, 0.05) is 12.5 Å². The van der Waals surface area contributed by atoms with Crippen LogP contribution in [0.15, 0.2) is 48.5 Å². The number of alkyl carbamates (subject to hydrolysis) is 1. The summed E-state index contributed by atoms with van der Waals surface area (Å²) >= 11 is 1.89. The summed E-state index contributed by atoms with van der Waals surface area (Å²) in [6, 6.07) is 16.6. The lowest BCUT2D eigenvalue weighted by atomic mass is 9.96. The van der Waals surface area contributed by atoms with Gasteiger partial charge in [0.25, 0.3) is 0 Å².